The molecule has 0 aliphatic heterocycles. The Morgan fingerprint density at radius 2 is 1.91 bits per heavy atom. The Kier molecular flexibility index (Phi) is 6.04. The summed E-state index contributed by atoms with van der Waals surface area (Å²) in [5.74, 6) is 0. The third-order valence-electron chi connectivity index (χ3n) is 3.60. The first-order chi connectivity index (χ1) is 10.5. The van der Waals surface area contributed by atoms with Gasteiger partial charge < -0.3 is 10.6 Å². The van der Waals surface area contributed by atoms with Crippen molar-refractivity contribution >= 4 is 28.2 Å². The van der Waals surface area contributed by atoms with Crippen molar-refractivity contribution in [1.29, 1.82) is 0 Å². The molecule has 0 amide bonds. The van der Waals surface area contributed by atoms with Gasteiger partial charge in [-0.25, -0.2) is 0 Å². The lowest BCUT2D eigenvalue weighted by Gasteiger charge is -2.18. The van der Waals surface area contributed by atoms with Gasteiger partial charge >= 0.3 is 0 Å². The molecule has 0 aliphatic rings. The lowest BCUT2D eigenvalue weighted by Crippen LogP contribution is -2.23. The molecule has 2 N–H and O–H groups in total. The summed E-state index contributed by atoms with van der Waals surface area (Å²) in [4.78, 5) is 4.36. The Morgan fingerprint density at radius 3 is 2.68 bits per heavy atom. The second-order valence-corrected chi connectivity index (χ2v) is 7.30. The minimum atomic E-state index is 0.405. The van der Waals surface area contributed by atoms with Crippen molar-refractivity contribution in [2.45, 2.75) is 33.6 Å². The smallest absolute Gasteiger partial charge is 0.0737 e. The third kappa shape index (κ3) is 5.47. The number of hydrogen-bond acceptors (Lipinski definition) is 3. The minimum absolute atomic E-state index is 0.405. The predicted molar refractivity (Wildman–Crippen MR) is 96.8 cm³/mol. The van der Waals surface area contributed by atoms with E-state index in [0.717, 1.165) is 47.7 Å². The van der Waals surface area contributed by atoms with Gasteiger partial charge in [-0.3, -0.25) is 4.98 Å². The number of nitrogens with zero attached hydrogens (tertiary/aromatic N) is 1. The van der Waals surface area contributed by atoms with E-state index in [1.54, 1.807) is 0 Å². The van der Waals surface area contributed by atoms with Crippen LogP contribution in [0, 0.1) is 5.41 Å². The number of pyridine rings is 1. The largest absolute Gasteiger partial charge is 0.384 e. The van der Waals surface area contributed by atoms with E-state index < -0.39 is 0 Å². The van der Waals surface area contributed by atoms with E-state index in [0.29, 0.717) is 5.41 Å². The predicted octanol–water partition coefficient (Wildman–Crippen LogP) is 4.72. The van der Waals surface area contributed by atoms with Gasteiger partial charge in [-0.05, 0) is 55.6 Å². The third-order valence-corrected chi connectivity index (χ3v) is 3.84. The second kappa shape index (κ2) is 7.80. The van der Waals surface area contributed by atoms with Crippen LogP contribution in [0.25, 0.3) is 10.9 Å². The molecule has 1 heterocycles. The number of aromatic nitrogens is 1. The number of benzene rings is 1. The molecule has 0 saturated heterocycles. The quantitative estimate of drug-likeness (QED) is 0.725. The topological polar surface area (TPSA) is 37.0 Å². The van der Waals surface area contributed by atoms with Gasteiger partial charge in [-0.15, -0.1) is 0 Å². The van der Waals surface area contributed by atoms with Crippen molar-refractivity contribution in [1.82, 2.24) is 10.3 Å². The van der Waals surface area contributed by atoms with Crippen molar-refractivity contribution in [2.24, 2.45) is 5.41 Å². The molecule has 22 heavy (non-hydrogen) atoms. The number of fused-ring (bicyclic) bond motifs is 1. The Balaban J connectivity index is 1.76. The zero-order valence-electron chi connectivity index (χ0n) is 13.7. The molecular weight excluding hydrogens is 294 g/mol. The highest BCUT2D eigenvalue weighted by atomic mass is 35.5. The number of rotatable bonds is 7. The van der Waals surface area contributed by atoms with E-state index in [1.807, 2.05) is 30.5 Å². The van der Waals surface area contributed by atoms with Crippen molar-refractivity contribution in [3.63, 3.8) is 0 Å². The van der Waals surface area contributed by atoms with Gasteiger partial charge in [0.05, 0.1) is 5.52 Å². The molecule has 0 fully saturated rings. The first-order valence-electron chi connectivity index (χ1n) is 7.95. The van der Waals surface area contributed by atoms with E-state index in [-0.39, 0.29) is 0 Å². The fraction of sp³-hybridized carbons (Fsp3) is 0.500. The van der Waals surface area contributed by atoms with Gasteiger partial charge in [0.25, 0.3) is 0 Å². The van der Waals surface area contributed by atoms with Gasteiger partial charge in [0.2, 0.25) is 0 Å². The van der Waals surface area contributed by atoms with Gasteiger partial charge in [-0.2, -0.15) is 0 Å². The van der Waals surface area contributed by atoms with Crippen LogP contribution in [0.4, 0.5) is 5.69 Å². The first kappa shape index (κ1) is 17.0. The lowest BCUT2D eigenvalue weighted by molar-refractivity contribution is 0.367. The second-order valence-electron chi connectivity index (χ2n) is 6.86. The van der Waals surface area contributed by atoms with E-state index in [1.165, 1.54) is 6.42 Å². The molecule has 0 aliphatic carbocycles. The van der Waals surface area contributed by atoms with Crippen molar-refractivity contribution in [3.8, 4) is 0 Å². The highest BCUT2D eigenvalue weighted by molar-refractivity contribution is 6.31. The molecule has 0 bridgehead atoms. The number of anilines is 1. The summed E-state index contributed by atoms with van der Waals surface area (Å²) in [5, 5.41) is 8.83. The van der Waals surface area contributed by atoms with Crippen molar-refractivity contribution < 1.29 is 0 Å². The maximum atomic E-state index is 6.01. The summed E-state index contributed by atoms with van der Waals surface area (Å²) in [6, 6.07) is 7.85. The molecule has 2 aromatic rings. The highest BCUT2D eigenvalue weighted by Gasteiger charge is 2.08. The van der Waals surface area contributed by atoms with Crippen LogP contribution in [-0.2, 0) is 0 Å². The average Bonchev–Trinajstić information content (AvgIpc) is 2.44. The molecule has 0 unspecified atom stereocenters. The summed E-state index contributed by atoms with van der Waals surface area (Å²) < 4.78 is 0. The van der Waals surface area contributed by atoms with Crippen LogP contribution < -0.4 is 10.6 Å². The fourth-order valence-electron chi connectivity index (χ4n) is 2.30. The van der Waals surface area contributed by atoms with Gasteiger partial charge in [0, 0.05) is 28.8 Å². The lowest BCUT2D eigenvalue weighted by atomic mass is 9.92. The maximum Gasteiger partial charge on any atom is 0.0737 e. The standard InChI is InChI=1S/C18H26ClN3/c1-18(2,3)8-12-20-9-4-10-21-16-7-11-22-17-13-14(19)5-6-15(16)17/h5-7,11,13,20H,4,8-10,12H2,1-3H3,(H,21,22). The van der Waals surface area contributed by atoms with Crippen LogP contribution in [0.5, 0.6) is 0 Å². The molecule has 2 rings (SSSR count). The van der Waals surface area contributed by atoms with Crippen molar-refractivity contribution in [3.05, 3.63) is 35.5 Å². The summed E-state index contributed by atoms with van der Waals surface area (Å²) in [5.41, 5.74) is 2.46. The molecule has 1 aromatic carbocycles. The minimum Gasteiger partial charge on any atom is -0.384 e. The first-order valence-corrected chi connectivity index (χ1v) is 8.32. The SMILES string of the molecule is CC(C)(C)CCNCCCNc1ccnc2cc(Cl)ccc12. The van der Waals surface area contributed by atoms with Crippen LogP contribution >= 0.6 is 11.6 Å². The summed E-state index contributed by atoms with van der Waals surface area (Å²) in [6.45, 7) is 9.90. The van der Waals surface area contributed by atoms with Crippen LogP contribution in [-0.4, -0.2) is 24.6 Å². The average molecular weight is 320 g/mol. The number of halogens is 1. The molecule has 0 saturated carbocycles. The molecule has 3 nitrogen and oxygen atoms in total. The van der Waals surface area contributed by atoms with E-state index >= 15 is 0 Å². The van der Waals surface area contributed by atoms with Gasteiger partial charge in [-0.1, -0.05) is 32.4 Å². The van der Waals surface area contributed by atoms with Crippen LogP contribution in [0.3, 0.4) is 0 Å². The summed E-state index contributed by atoms with van der Waals surface area (Å²) >= 11 is 6.01. The maximum absolute atomic E-state index is 6.01. The Bertz CT molecular complexity index is 605. The Morgan fingerprint density at radius 1 is 1.09 bits per heavy atom. The van der Waals surface area contributed by atoms with Crippen LogP contribution in [0.1, 0.15) is 33.6 Å². The van der Waals surface area contributed by atoms with Gasteiger partial charge in [0.1, 0.15) is 0 Å². The van der Waals surface area contributed by atoms with Crippen molar-refractivity contribution in [2.75, 3.05) is 25.0 Å². The molecular formula is C18H26ClN3. The molecule has 4 heteroatoms. The van der Waals surface area contributed by atoms with E-state index in [4.69, 9.17) is 11.6 Å². The van der Waals surface area contributed by atoms with E-state index in [9.17, 15) is 0 Å². The zero-order valence-corrected chi connectivity index (χ0v) is 14.5. The fourth-order valence-corrected chi connectivity index (χ4v) is 2.47. The van der Waals surface area contributed by atoms with Crippen LogP contribution in [0.2, 0.25) is 5.02 Å². The number of hydrogen-bond donors (Lipinski definition) is 2. The molecule has 120 valence electrons. The molecule has 0 spiro atoms. The molecule has 0 radical (unpaired) electrons. The normalized spacial score (nSPS) is 11.8. The van der Waals surface area contributed by atoms with Gasteiger partial charge in [0.15, 0.2) is 0 Å². The van der Waals surface area contributed by atoms with E-state index in [2.05, 4.69) is 36.4 Å². The zero-order chi connectivity index (χ0) is 16.0. The highest BCUT2D eigenvalue weighted by Crippen LogP contribution is 2.24. The molecule has 1 aromatic heterocycles. The Hall–Kier alpha value is -1.32. The Labute approximate surface area is 138 Å². The monoisotopic (exact) mass is 319 g/mol. The number of nitrogens with one attached hydrogen (secondary N) is 2. The summed E-state index contributed by atoms with van der Waals surface area (Å²) in [6.07, 6.45) is 4.13. The molecule has 0 atom stereocenters. The van der Waals surface area contributed by atoms with Crippen LogP contribution in [0.15, 0.2) is 30.5 Å². The summed E-state index contributed by atoms with van der Waals surface area (Å²) in [7, 11) is 0.